The van der Waals surface area contributed by atoms with Crippen molar-refractivity contribution in [2.45, 2.75) is 32.2 Å². The molecule has 1 aliphatic heterocycles. The van der Waals surface area contributed by atoms with Gasteiger partial charge in [0.05, 0.1) is 11.6 Å². The molecule has 7 heteroatoms. The zero-order chi connectivity index (χ0) is 14.7. The highest BCUT2D eigenvalue weighted by atomic mass is 15.2. The molecule has 1 aliphatic rings. The van der Waals surface area contributed by atoms with E-state index in [4.69, 9.17) is 0 Å². The Hall–Kier alpha value is -1.89. The van der Waals surface area contributed by atoms with E-state index in [0.29, 0.717) is 12.0 Å². The number of likely N-dealkylation sites (tertiary alicyclic amines) is 1. The Balaban J connectivity index is 1.80. The molecular formula is C14H23N7. The number of hydrogen-bond donors (Lipinski definition) is 3. The van der Waals surface area contributed by atoms with Gasteiger partial charge in [-0.3, -0.25) is 5.10 Å². The molecule has 1 fully saturated rings. The molecule has 1 saturated heterocycles. The van der Waals surface area contributed by atoms with Crippen LogP contribution in [0.5, 0.6) is 0 Å². The SMILES string of the molecule is CCCNc1nc(NC2CCN(C)CC2)c2cn[nH]c2n1. The summed E-state index contributed by atoms with van der Waals surface area (Å²) >= 11 is 0. The summed E-state index contributed by atoms with van der Waals surface area (Å²) in [5.41, 5.74) is 0.777. The number of anilines is 2. The van der Waals surface area contributed by atoms with Crippen molar-refractivity contribution in [1.82, 2.24) is 25.1 Å². The summed E-state index contributed by atoms with van der Waals surface area (Å²) in [4.78, 5) is 11.4. The minimum absolute atomic E-state index is 0.466. The molecule has 2 aromatic rings. The molecule has 2 aromatic heterocycles. The molecule has 0 spiro atoms. The predicted octanol–water partition coefficient (Wildman–Crippen LogP) is 1.68. The molecule has 3 rings (SSSR count). The van der Waals surface area contributed by atoms with Gasteiger partial charge in [-0.25, -0.2) is 0 Å². The van der Waals surface area contributed by atoms with Crippen LogP contribution in [0.1, 0.15) is 26.2 Å². The van der Waals surface area contributed by atoms with Crippen LogP contribution < -0.4 is 10.6 Å². The lowest BCUT2D eigenvalue weighted by molar-refractivity contribution is 0.264. The summed E-state index contributed by atoms with van der Waals surface area (Å²) in [5.74, 6) is 1.53. The summed E-state index contributed by atoms with van der Waals surface area (Å²) in [5, 5.41) is 14.8. The van der Waals surface area contributed by atoms with E-state index in [1.54, 1.807) is 6.20 Å². The van der Waals surface area contributed by atoms with Gasteiger partial charge in [0.25, 0.3) is 0 Å². The lowest BCUT2D eigenvalue weighted by Gasteiger charge is -2.29. The van der Waals surface area contributed by atoms with Crippen LogP contribution in [-0.4, -0.2) is 57.8 Å². The minimum atomic E-state index is 0.466. The van der Waals surface area contributed by atoms with Gasteiger partial charge < -0.3 is 15.5 Å². The molecule has 0 atom stereocenters. The molecule has 21 heavy (non-hydrogen) atoms. The monoisotopic (exact) mass is 289 g/mol. The zero-order valence-electron chi connectivity index (χ0n) is 12.7. The molecule has 114 valence electrons. The normalized spacial score (nSPS) is 17.2. The number of aromatic nitrogens is 4. The number of fused-ring (bicyclic) bond motifs is 1. The number of nitrogens with one attached hydrogen (secondary N) is 3. The van der Waals surface area contributed by atoms with Crippen molar-refractivity contribution in [3.63, 3.8) is 0 Å². The fourth-order valence-electron chi connectivity index (χ4n) is 2.61. The van der Waals surface area contributed by atoms with Crippen LogP contribution in [0.2, 0.25) is 0 Å². The topological polar surface area (TPSA) is 81.8 Å². The smallest absolute Gasteiger partial charge is 0.226 e. The van der Waals surface area contributed by atoms with Gasteiger partial charge in [0.1, 0.15) is 5.82 Å². The summed E-state index contributed by atoms with van der Waals surface area (Å²) in [7, 11) is 2.17. The summed E-state index contributed by atoms with van der Waals surface area (Å²) in [6.45, 7) is 5.24. The van der Waals surface area contributed by atoms with Crippen LogP contribution in [-0.2, 0) is 0 Å². The standard InChI is InChI=1S/C14H23N7/c1-3-6-15-14-18-12(11-9-16-20-13(11)19-14)17-10-4-7-21(2)8-5-10/h9-10H,3-8H2,1-2H3,(H3,15,16,17,18,19,20). The zero-order valence-corrected chi connectivity index (χ0v) is 12.7. The van der Waals surface area contributed by atoms with Crippen molar-refractivity contribution in [2.24, 2.45) is 0 Å². The van der Waals surface area contributed by atoms with E-state index in [1.165, 1.54) is 0 Å². The maximum atomic E-state index is 4.62. The molecule has 0 aromatic carbocycles. The molecule has 0 saturated carbocycles. The Morgan fingerprint density at radius 1 is 1.33 bits per heavy atom. The quantitative estimate of drug-likeness (QED) is 0.777. The molecular weight excluding hydrogens is 266 g/mol. The third-order valence-corrected chi connectivity index (χ3v) is 3.90. The lowest BCUT2D eigenvalue weighted by Crippen LogP contribution is -2.37. The second-order valence-electron chi connectivity index (χ2n) is 5.68. The second-order valence-corrected chi connectivity index (χ2v) is 5.68. The van der Waals surface area contributed by atoms with Gasteiger partial charge in [-0.1, -0.05) is 6.92 Å². The third kappa shape index (κ3) is 3.24. The van der Waals surface area contributed by atoms with E-state index in [9.17, 15) is 0 Å². The number of hydrogen-bond acceptors (Lipinski definition) is 6. The summed E-state index contributed by atoms with van der Waals surface area (Å²) in [6.07, 6.45) is 5.10. The highest BCUT2D eigenvalue weighted by Crippen LogP contribution is 2.23. The predicted molar refractivity (Wildman–Crippen MR) is 84.6 cm³/mol. The van der Waals surface area contributed by atoms with Crippen LogP contribution in [0.15, 0.2) is 6.20 Å². The first-order valence-corrected chi connectivity index (χ1v) is 7.66. The Morgan fingerprint density at radius 2 is 2.14 bits per heavy atom. The summed E-state index contributed by atoms with van der Waals surface area (Å²) in [6, 6.07) is 0.466. The first-order chi connectivity index (χ1) is 10.3. The molecule has 3 N–H and O–H groups in total. The molecule has 0 radical (unpaired) electrons. The van der Waals surface area contributed by atoms with Crippen LogP contribution in [0.25, 0.3) is 11.0 Å². The molecule has 0 bridgehead atoms. The highest BCUT2D eigenvalue weighted by molar-refractivity contribution is 5.87. The minimum Gasteiger partial charge on any atom is -0.366 e. The van der Waals surface area contributed by atoms with Gasteiger partial charge in [0.2, 0.25) is 5.95 Å². The number of H-pyrrole nitrogens is 1. The molecule has 3 heterocycles. The Labute approximate surface area is 124 Å². The van der Waals surface area contributed by atoms with Crippen molar-refractivity contribution >= 4 is 22.8 Å². The Morgan fingerprint density at radius 3 is 2.90 bits per heavy atom. The van der Waals surface area contributed by atoms with Gasteiger partial charge in [0.15, 0.2) is 5.65 Å². The largest absolute Gasteiger partial charge is 0.366 e. The number of aromatic amines is 1. The van der Waals surface area contributed by atoms with E-state index < -0.39 is 0 Å². The van der Waals surface area contributed by atoms with Crippen LogP contribution in [0, 0.1) is 0 Å². The van der Waals surface area contributed by atoms with Gasteiger partial charge >= 0.3 is 0 Å². The first-order valence-electron chi connectivity index (χ1n) is 7.66. The van der Waals surface area contributed by atoms with E-state index in [2.05, 4.69) is 49.7 Å². The van der Waals surface area contributed by atoms with Crippen molar-refractivity contribution in [2.75, 3.05) is 37.3 Å². The van der Waals surface area contributed by atoms with Crippen LogP contribution >= 0.6 is 0 Å². The maximum Gasteiger partial charge on any atom is 0.226 e. The Bertz CT molecular complexity index is 586. The molecule has 0 unspecified atom stereocenters. The van der Waals surface area contributed by atoms with Crippen molar-refractivity contribution in [1.29, 1.82) is 0 Å². The Kier molecular flexibility index (Phi) is 4.19. The lowest BCUT2D eigenvalue weighted by atomic mass is 10.1. The van der Waals surface area contributed by atoms with E-state index in [1.807, 2.05) is 0 Å². The molecule has 7 nitrogen and oxygen atoms in total. The number of nitrogens with zero attached hydrogens (tertiary/aromatic N) is 4. The van der Waals surface area contributed by atoms with Crippen molar-refractivity contribution in [3.8, 4) is 0 Å². The number of rotatable bonds is 5. The van der Waals surface area contributed by atoms with Gasteiger partial charge in [-0.15, -0.1) is 0 Å². The van der Waals surface area contributed by atoms with Gasteiger partial charge in [0, 0.05) is 12.6 Å². The van der Waals surface area contributed by atoms with Gasteiger partial charge in [-0.2, -0.15) is 15.1 Å². The second kappa shape index (κ2) is 6.26. The average Bonchev–Trinajstić information content (AvgIpc) is 2.96. The molecule has 0 aliphatic carbocycles. The first kappa shape index (κ1) is 14.1. The number of piperidine rings is 1. The van der Waals surface area contributed by atoms with Crippen molar-refractivity contribution in [3.05, 3.63) is 6.20 Å². The maximum absolute atomic E-state index is 4.62. The molecule has 0 amide bonds. The van der Waals surface area contributed by atoms with E-state index in [0.717, 1.165) is 55.7 Å². The van der Waals surface area contributed by atoms with Crippen LogP contribution in [0.3, 0.4) is 0 Å². The van der Waals surface area contributed by atoms with Crippen LogP contribution in [0.4, 0.5) is 11.8 Å². The third-order valence-electron chi connectivity index (χ3n) is 3.90. The fraction of sp³-hybridized carbons (Fsp3) is 0.643. The van der Waals surface area contributed by atoms with Crippen molar-refractivity contribution < 1.29 is 0 Å². The van der Waals surface area contributed by atoms with E-state index in [-0.39, 0.29) is 0 Å². The fourth-order valence-corrected chi connectivity index (χ4v) is 2.61. The van der Waals surface area contributed by atoms with E-state index >= 15 is 0 Å². The summed E-state index contributed by atoms with van der Waals surface area (Å²) < 4.78 is 0. The highest BCUT2D eigenvalue weighted by Gasteiger charge is 2.18. The van der Waals surface area contributed by atoms with Gasteiger partial charge in [-0.05, 0) is 39.4 Å². The average molecular weight is 289 g/mol.